The average molecular weight is 190 g/mol. The van der Waals surface area contributed by atoms with Gasteiger partial charge in [-0.05, 0) is 42.7 Å². The summed E-state index contributed by atoms with van der Waals surface area (Å²) in [4.78, 5) is 0. The lowest BCUT2D eigenvalue weighted by molar-refractivity contribution is 0.127. The van der Waals surface area contributed by atoms with Crippen LogP contribution in [0.3, 0.4) is 0 Å². The zero-order chi connectivity index (χ0) is 10.2. The number of rotatable bonds is 1. The summed E-state index contributed by atoms with van der Waals surface area (Å²) in [6.45, 7) is 4.62. The Kier molecular flexibility index (Phi) is 2.36. The van der Waals surface area contributed by atoms with Crippen LogP contribution in [-0.4, -0.2) is 11.7 Å². The molecule has 0 bridgehead atoms. The number of aliphatic hydroxyl groups is 1. The molecule has 0 aliphatic heterocycles. The lowest BCUT2D eigenvalue weighted by Crippen LogP contribution is -2.29. The maximum Gasteiger partial charge on any atom is 0.0488 e. The van der Waals surface area contributed by atoms with Crippen LogP contribution in [0.25, 0.3) is 0 Å². The van der Waals surface area contributed by atoms with E-state index in [-0.39, 0.29) is 5.41 Å². The van der Waals surface area contributed by atoms with Crippen LogP contribution in [0.1, 0.15) is 30.0 Å². The van der Waals surface area contributed by atoms with Gasteiger partial charge in [0.1, 0.15) is 0 Å². The van der Waals surface area contributed by atoms with Gasteiger partial charge in [-0.3, -0.25) is 0 Å². The Morgan fingerprint density at radius 2 is 2.14 bits per heavy atom. The van der Waals surface area contributed by atoms with E-state index in [1.807, 2.05) is 0 Å². The Morgan fingerprint density at radius 1 is 1.36 bits per heavy atom. The summed E-state index contributed by atoms with van der Waals surface area (Å²) in [7, 11) is 0. The van der Waals surface area contributed by atoms with Crippen molar-refractivity contribution in [3.63, 3.8) is 0 Å². The lowest BCUT2D eigenvalue weighted by Gasteiger charge is -2.33. The molecule has 0 fully saturated rings. The Balaban J connectivity index is 2.31. The van der Waals surface area contributed by atoms with E-state index in [1.54, 1.807) is 0 Å². The molecule has 0 radical (unpaired) electrons. The molecule has 0 heterocycles. The molecule has 2 rings (SSSR count). The summed E-state index contributed by atoms with van der Waals surface area (Å²) >= 11 is 0. The van der Waals surface area contributed by atoms with E-state index in [9.17, 15) is 5.11 Å². The minimum absolute atomic E-state index is 0.113. The first kappa shape index (κ1) is 9.72. The molecule has 1 aromatic carbocycles. The number of aliphatic hydroxyl groups excluding tert-OH is 1. The van der Waals surface area contributed by atoms with Crippen molar-refractivity contribution in [3.8, 4) is 0 Å². The van der Waals surface area contributed by atoms with E-state index in [0.717, 1.165) is 19.3 Å². The lowest BCUT2D eigenvalue weighted by atomic mass is 9.73. The maximum absolute atomic E-state index is 9.33. The van der Waals surface area contributed by atoms with Gasteiger partial charge in [0.15, 0.2) is 0 Å². The van der Waals surface area contributed by atoms with Crippen molar-refractivity contribution in [1.82, 2.24) is 0 Å². The highest BCUT2D eigenvalue weighted by molar-refractivity contribution is 5.34. The first-order valence-corrected chi connectivity index (χ1v) is 5.32. The smallest absolute Gasteiger partial charge is 0.0488 e. The first-order valence-electron chi connectivity index (χ1n) is 5.32. The van der Waals surface area contributed by atoms with E-state index < -0.39 is 0 Å². The van der Waals surface area contributed by atoms with Crippen LogP contribution >= 0.6 is 0 Å². The van der Waals surface area contributed by atoms with Crippen molar-refractivity contribution in [2.24, 2.45) is 5.41 Å². The Labute approximate surface area is 85.8 Å². The van der Waals surface area contributed by atoms with Crippen molar-refractivity contribution >= 4 is 0 Å². The van der Waals surface area contributed by atoms with Crippen LogP contribution in [0, 0.1) is 12.3 Å². The number of fused-ring (bicyclic) bond motifs is 1. The molecule has 1 aliphatic carbocycles. The molecule has 0 aromatic heterocycles. The van der Waals surface area contributed by atoms with Gasteiger partial charge in [0.25, 0.3) is 0 Å². The van der Waals surface area contributed by atoms with E-state index in [2.05, 4.69) is 32.0 Å². The van der Waals surface area contributed by atoms with E-state index in [0.29, 0.717) is 6.61 Å². The first-order chi connectivity index (χ1) is 6.63. The maximum atomic E-state index is 9.33. The molecule has 1 N–H and O–H groups in total. The van der Waals surface area contributed by atoms with Crippen molar-refractivity contribution in [2.75, 3.05) is 6.61 Å². The van der Waals surface area contributed by atoms with Gasteiger partial charge in [0.2, 0.25) is 0 Å². The van der Waals surface area contributed by atoms with Gasteiger partial charge in [-0.2, -0.15) is 0 Å². The van der Waals surface area contributed by atoms with Crippen molar-refractivity contribution in [2.45, 2.75) is 33.1 Å². The number of aryl methyl sites for hydroxylation is 2. The third-order valence-corrected chi connectivity index (χ3v) is 3.36. The second-order valence-corrected chi connectivity index (χ2v) is 4.92. The summed E-state index contributed by atoms with van der Waals surface area (Å²) in [5.41, 5.74) is 4.37. The topological polar surface area (TPSA) is 20.2 Å². The summed E-state index contributed by atoms with van der Waals surface area (Å²) in [6, 6.07) is 6.67. The van der Waals surface area contributed by atoms with Gasteiger partial charge in [0.05, 0.1) is 0 Å². The zero-order valence-electron chi connectivity index (χ0n) is 9.01. The minimum atomic E-state index is 0.113. The normalized spacial score (nSPS) is 25.9. The Hall–Kier alpha value is -0.820. The molecule has 76 valence electrons. The van der Waals surface area contributed by atoms with Crippen molar-refractivity contribution in [3.05, 3.63) is 34.9 Å². The van der Waals surface area contributed by atoms with Crippen LogP contribution in [0.2, 0.25) is 0 Å². The third kappa shape index (κ3) is 1.69. The largest absolute Gasteiger partial charge is 0.396 e. The number of benzene rings is 1. The zero-order valence-corrected chi connectivity index (χ0v) is 9.01. The monoisotopic (exact) mass is 190 g/mol. The predicted octanol–water partition coefficient (Wildman–Crippen LogP) is 2.48. The fraction of sp³-hybridized carbons (Fsp3) is 0.538. The summed E-state index contributed by atoms with van der Waals surface area (Å²) in [6.07, 6.45) is 3.26. The second-order valence-electron chi connectivity index (χ2n) is 4.92. The van der Waals surface area contributed by atoms with Crippen LogP contribution in [0.5, 0.6) is 0 Å². The molecule has 14 heavy (non-hydrogen) atoms. The molecule has 0 spiro atoms. The Bertz CT molecular complexity index is 343. The Morgan fingerprint density at radius 3 is 2.86 bits per heavy atom. The fourth-order valence-corrected chi connectivity index (χ4v) is 2.28. The van der Waals surface area contributed by atoms with Crippen LogP contribution < -0.4 is 0 Å². The van der Waals surface area contributed by atoms with Crippen LogP contribution in [-0.2, 0) is 12.8 Å². The quantitative estimate of drug-likeness (QED) is 0.721. The van der Waals surface area contributed by atoms with Gasteiger partial charge in [-0.1, -0.05) is 30.7 Å². The third-order valence-electron chi connectivity index (χ3n) is 3.36. The van der Waals surface area contributed by atoms with Gasteiger partial charge in [-0.15, -0.1) is 0 Å². The molecule has 1 nitrogen and oxygen atoms in total. The number of hydrogen-bond acceptors (Lipinski definition) is 1. The van der Waals surface area contributed by atoms with Crippen molar-refractivity contribution < 1.29 is 5.11 Å². The molecule has 0 unspecified atom stereocenters. The summed E-state index contributed by atoms with van der Waals surface area (Å²) in [5, 5.41) is 9.33. The molecule has 1 heteroatoms. The standard InChI is InChI=1S/C13H18O/c1-10-3-4-12-8-13(2,9-14)6-5-11(12)7-10/h3-4,7,14H,5-6,8-9H2,1-2H3/t13-/m1/s1. The highest BCUT2D eigenvalue weighted by Crippen LogP contribution is 2.34. The molecule has 0 saturated heterocycles. The fourth-order valence-electron chi connectivity index (χ4n) is 2.28. The molecule has 0 amide bonds. The molecule has 1 aromatic rings. The second kappa shape index (κ2) is 3.39. The predicted molar refractivity (Wildman–Crippen MR) is 58.4 cm³/mol. The number of hydrogen-bond donors (Lipinski definition) is 1. The van der Waals surface area contributed by atoms with E-state index in [1.165, 1.54) is 16.7 Å². The van der Waals surface area contributed by atoms with E-state index in [4.69, 9.17) is 0 Å². The average Bonchev–Trinajstić information content (AvgIpc) is 2.19. The summed E-state index contributed by atoms with van der Waals surface area (Å²) < 4.78 is 0. The molecular formula is C13H18O. The molecular weight excluding hydrogens is 172 g/mol. The van der Waals surface area contributed by atoms with Gasteiger partial charge < -0.3 is 5.11 Å². The van der Waals surface area contributed by atoms with Crippen LogP contribution in [0.15, 0.2) is 18.2 Å². The SMILES string of the molecule is Cc1ccc2c(c1)CC[C@@](C)(CO)C2. The highest BCUT2D eigenvalue weighted by atomic mass is 16.3. The van der Waals surface area contributed by atoms with E-state index >= 15 is 0 Å². The van der Waals surface area contributed by atoms with Gasteiger partial charge >= 0.3 is 0 Å². The van der Waals surface area contributed by atoms with Crippen LogP contribution in [0.4, 0.5) is 0 Å². The molecule has 0 saturated carbocycles. The summed E-state index contributed by atoms with van der Waals surface area (Å²) in [5.74, 6) is 0. The molecule has 1 aliphatic rings. The minimum Gasteiger partial charge on any atom is -0.396 e. The van der Waals surface area contributed by atoms with Gasteiger partial charge in [-0.25, -0.2) is 0 Å². The van der Waals surface area contributed by atoms with Crippen molar-refractivity contribution in [1.29, 1.82) is 0 Å². The van der Waals surface area contributed by atoms with Gasteiger partial charge in [0, 0.05) is 6.61 Å². The molecule has 1 atom stereocenters. The highest BCUT2D eigenvalue weighted by Gasteiger charge is 2.28.